The molecule has 136 valence electrons. The molecular weight excluding hydrogens is 340 g/mol. The number of nitrogens with zero attached hydrogens (tertiary/aromatic N) is 3. The summed E-state index contributed by atoms with van der Waals surface area (Å²) in [5.74, 6) is 1.57. The Labute approximate surface area is 157 Å². The zero-order valence-electron chi connectivity index (χ0n) is 15.0. The summed E-state index contributed by atoms with van der Waals surface area (Å²) in [6, 6.07) is 15.7. The van der Waals surface area contributed by atoms with Crippen molar-refractivity contribution in [2.75, 3.05) is 12.4 Å². The van der Waals surface area contributed by atoms with Gasteiger partial charge in [-0.05, 0) is 23.3 Å². The number of aliphatic hydroxyl groups excluding tert-OH is 1. The smallest absolute Gasteiger partial charge is 0.180 e. The van der Waals surface area contributed by atoms with E-state index in [1.54, 1.807) is 13.3 Å². The Balaban J connectivity index is 1.59. The summed E-state index contributed by atoms with van der Waals surface area (Å²) in [7, 11) is 1.66. The third-order valence-corrected chi connectivity index (χ3v) is 4.48. The molecule has 2 heterocycles. The molecule has 0 unspecified atom stereocenters. The molecule has 0 aliphatic carbocycles. The molecule has 2 N–H and O–H groups in total. The van der Waals surface area contributed by atoms with Crippen molar-refractivity contribution in [1.29, 1.82) is 0 Å². The number of rotatable bonds is 6. The topological polar surface area (TPSA) is 71.7 Å². The predicted octanol–water partition coefficient (Wildman–Crippen LogP) is 3.51. The van der Waals surface area contributed by atoms with Crippen molar-refractivity contribution in [3.63, 3.8) is 0 Å². The Morgan fingerprint density at radius 1 is 1.00 bits per heavy atom. The van der Waals surface area contributed by atoms with Crippen molar-refractivity contribution in [2.45, 2.75) is 13.2 Å². The zero-order chi connectivity index (χ0) is 18.6. The van der Waals surface area contributed by atoms with Gasteiger partial charge in [-0.1, -0.05) is 36.4 Å². The second-order valence-electron chi connectivity index (χ2n) is 6.17. The SMILES string of the molecule is COc1ccc(CNc2nccn3c(-c4ccc(CO)cc4)cnc23)cc1. The van der Waals surface area contributed by atoms with Gasteiger partial charge in [0, 0.05) is 24.5 Å². The summed E-state index contributed by atoms with van der Waals surface area (Å²) >= 11 is 0. The quantitative estimate of drug-likeness (QED) is 0.551. The van der Waals surface area contributed by atoms with E-state index in [1.165, 1.54) is 0 Å². The molecule has 0 aliphatic rings. The van der Waals surface area contributed by atoms with Crippen molar-refractivity contribution >= 4 is 11.5 Å². The molecule has 0 fully saturated rings. The van der Waals surface area contributed by atoms with Crippen LogP contribution < -0.4 is 10.1 Å². The van der Waals surface area contributed by atoms with E-state index in [4.69, 9.17) is 4.74 Å². The Kier molecular flexibility index (Phi) is 4.72. The first-order chi connectivity index (χ1) is 13.3. The molecule has 4 aromatic rings. The maximum absolute atomic E-state index is 9.21. The van der Waals surface area contributed by atoms with E-state index in [2.05, 4.69) is 15.3 Å². The maximum atomic E-state index is 9.21. The van der Waals surface area contributed by atoms with Gasteiger partial charge in [-0.2, -0.15) is 0 Å². The minimum atomic E-state index is 0.0385. The minimum absolute atomic E-state index is 0.0385. The molecule has 0 spiro atoms. The first-order valence-corrected chi connectivity index (χ1v) is 8.67. The van der Waals surface area contributed by atoms with Crippen molar-refractivity contribution in [3.05, 3.63) is 78.2 Å². The Morgan fingerprint density at radius 3 is 2.44 bits per heavy atom. The van der Waals surface area contributed by atoms with E-state index in [1.807, 2.05) is 65.3 Å². The summed E-state index contributed by atoms with van der Waals surface area (Å²) in [6.07, 6.45) is 5.50. The van der Waals surface area contributed by atoms with Crippen LogP contribution in [0.2, 0.25) is 0 Å². The van der Waals surface area contributed by atoms with Gasteiger partial charge in [0.2, 0.25) is 0 Å². The normalized spacial score (nSPS) is 10.9. The molecule has 2 aromatic carbocycles. The number of benzene rings is 2. The van der Waals surface area contributed by atoms with Crippen LogP contribution in [0.15, 0.2) is 67.1 Å². The van der Waals surface area contributed by atoms with Gasteiger partial charge >= 0.3 is 0 Å². The van der Waals surface area contributed by atoms with Gasteiger partial charge in [-0.25, -0.2) is 9.97 Å². The predicted molar refractivity (Wildman–Crippen MR) is 105 cm³/mol. The maximum Gasteiger partial charge on any atom is 0.180 e. The number of aromatic nitrogens is 3. The fourth-order valence-corrected chi connectivity index (χ4v) is 2.97. The third-order valence-electron chi connectivity index (χ3n) is 4.48. The number of hydrogen-bond donors (Lipinski definition) is 2. The summed E-state index contributed by atoms with van der Waals surface area (Å²) in [4.78, 5) is 8.98. The average Bonchev–Trinajstić information content (AvgIpc) is 3.17. The van der Waals surface area contributed by atoms with E-state index in [9.17, 15) is 5.11 Å². The second-order valence-corrected chi connectivity index (χ2v) is 6.17. The van der Waals surface area contributed by atoms with Crippen LogP contribution in [0.3, 0.4) is 0 Å². The van der Waals surface area contributed by atoms with Gasteiger partial charge in [0.1, 0.15) is 5.75 Å². The number of ether oxygens (including phenoxy) is 1. The van der Waals surface area contributed by atoms with Crippen LogP contribution in [0.5, 0.6) is 5.75 Å². The van der Waals surface area contributed by atoms with Crippen molar-refractivity contribution in [2.24, 2.45) is 0 Å². The molecule has 27 heavy (non-hydrogen) atoms. The van der Waals surface area contributed by atoms with Crippen molar-refractivity contribution in [1.82, 2.24) is 14.4 Å². The monoisotopic (exact) mass is 360 g/mol. The number of aliphatic hydroxyl groups is 1. The largest absolute Gasteiger partial charge is 0.497 e. The summed E-state index contributed by atoms with van der Waals surface area (Å²) in [5.41, 5.74) is 4.80. The van der Waals surface area contributed by atoms with Crippen LogP contribution >= 0.6 is 0 Å². The van der Waals surface area contributed by atoms with Gasteiger partial charge < -0.3 is 15.2 Å². The number of nitrogens with one attached hydrogen (secondary N) is 1. The Morgan fingerprint density at radius 2 is 1.74 bits per heavy atom. The molecule has 0 amide bonds. The second kappa shape index (κ2) is 7.47. The molecule has 6 nitrogen and oxygen atoms in total. The number of anilines is 1. The van der Waals surface area contributed by atoms with Crippen LogP contribution in [0.25, 0.3) is 16.9 Å². The lowest BCUT2D eigenvalue weighted by atomic mass is 10.1. The van der Waals surface area contributed by atoms with Gasteiger partial charge in [0.25, 0.3) is 0 Å². The summed E-state index contributed by atoms with van der Waals surface area (Å²) < 4.78 is 7.20. The highest BCUT2D eigenvalue weighted by atomic mass is 16.5. The van der Waals surface area contributed by atoms with Gasteiger partial charge in [0.15, 0.2) is 11.5 Å². The molecule has 0 saturated carbocycles. The number of hydrogen-bond acceptors (Lipinski definition) is 5. The minimum Gasteiger partial charge on any atom is -0.497 e. The summed E-state index contributed by atoms with van der Waals surface area (Å²) in [5, 5.41) is 12.6. The fraction of sp³-hybridized carbons (Fsp3) is 0.143. The van der Waals surface area contributed by atoms with Crippen molar-refractivity contribution in [3.8, 4) is 17.0 Å². The van der Waals surface area contributed by atoms with Gasteiger partial charge in [-0.15, -0.1) is 0 Å². The average molecular weight is 360 g/mol. The molecule has 0 atom stereocenters. The van der Waals surface area contributed by atoms with E-state index in [-0.39, 0.29) is 6.61 Å². The molecule has 0 bridgehead atoms. The Bertz CT molecular complexity index is 1040. The number of fused-ring (bicyclic) bond motifs is 1. The van der Waals surface area contributed by atoms with E-state index in [0.717, 1.165) is 39.6 Å². The van der Waals surface area contributed by atoms with E-state index < -0.39 is 0 Å². The van der Waals surface area contributed by atoms with Crippen LogP contribution in [0.4, 0.5) is 5.82 Å². The van der Waals surface area contributed by atoms with Crippen molar-refractivity contribution < 1.29 is 9.84 Å². The van der Waals surface area contributed by atoms with Crippen LogP contribution in [0, 0.1) is 0 Å². The Hall–Kier alpha value is -3.38. The molecular formula is C21H20N4O2. The van der Waals surface area contributed by atoms with Gasteiger partial charge in [-0.3, -0.25) is 4.40 Å². The molecule has 0 radical (unpaired) electrons. The highest BCUT2D eigenvalue weighted by Crippen LogP contribution is 2.24. The van der Waals surface area contributed by atoms with Crippen LogP contribution in [-0.2, 0) is 13.2 Å². The lowest BCUT2D eigenvalue weighted by molar-refractivity contribution is 0.282. The number of methoxy groups -OCH3 is 1. The first-order valence-electron chi connectivity index (χ1n) is 8.67. The molecule has 0 aliphatic heterocycles. The van der Waals surface area contributed by atoms with Crippen LogP contribution in [0.1, 0.15) is 11.1 Å². The molecule has 0 saturated heterocycles. The highest BCUT2D eigenvalue weighted by molar-refractivity contribution is 5.70. The fourth-order valence-electron chi connectivity index (χ4n) is 2.97. The molecule has 4 rings (SSSR count). The lowest BCUT2D eigenvalue weighted by Gasteiger charge is -2.09. The lowest BCUT2D eigenvalue weighted by Crippen LogP contribution is -2.04. The summed E-state index contributed by atoms with van der Waals surface area (Å²) in [6.45, 7) is 0.681. The molecule has 2 aromatic heterocycles. The first kappa shape index (κ1) is 17.1. The molecule has 6 heteroatoms. The highest BCUT2D eigenvalue weighted by Gasteiger charge is 2.10. The standard InChI is InChI=1S/C21H20N4O2/c1-27-18-8-4-15(5-9-18)12-23-20-21-24-13-19(25(21)11-10-22-20)17-6-2-16(14-26)3-7-17/h2-11,13,26H,12,14H2,1H3,(H,22,23). The van der Waals surface area contributed by atoms with E-state index >= 15 is 0 Å². The number of imidazole rings is 1. The van der Waals surface area contributed by atoms with Gasteiger partial charge in [0.05, 0.1) is 25.6 Å². The third kappa shape index (κ3) is 3.47. The van der Waals surface area contributed by atoms with E-state index in [0.29, 0.717) is 6.54 Å². The van der Waals surface area contributed by atoms with Crippen LogP contribution in [-0.4, -0.2) is 26.6 Å². The zero-order valence-corrected chi connectivity index (χ0v) is 15.0.